The van der Waals surface area contributed by atoms with E-state index in [0.29, 0.717) is 23.6 Å². The van der Waals surface area contributed by atoms with Crippen LogP contribution in [0.15, 0.2) is 12.5 Å². The molecule has 7 nitrogen and oxygen atoms in total. The number of aromatic amines is 1. The summed E-state index contributed by atoms with van der Waals surface area (Å²) in [7, 11) is 0. The average molecular weight is 236 g/mol. The summed E-state index contributed by atoms with van der Waals surface area (Å²) in [4.78, 5) is 15.2. The van der Waals surface area contributed by atoms with Crippen molar-refractivity contribution < 1.29 is 14.6 Å². The molecular weight excluding hydrogens is 224 g/mol. The van der Waals surface area contributed by atoms with E-state index in [1.807, 2.05) is 6.92 Å². The third-order valence-electron chi connectivity index (χ3n) is 2.67. The summed E-state index contributed by atoms with van der Waals surface area (Å²) >= 11 is 0. The number of hydrogen-bond donors (Lipinski definition) is 2. The van der Waals surface area contributed by atoms with Gasteiger partial charge in [0.25, 0.3) is 5.79 Å². The van der Waals surface area contributed by atoms with E-state index in [9.17, 15) is 5.11 Å². The van der Waals surface area contributed by atoms with Crippen molar-refractivity contribution in [3.05, 3.63) is 18.3 Å². The van der Waals surface area contributed by atoms with Gasteiger partial charge >= 0.3 is 0 Å². The molecule has 3 rings (SSSR count). The van der Waals surface area contributed by atoms with Crippen molar-refractivity contribution in [3.8, 4) is 0 Å². The van der Waals surface area contributed by atoms with Crippen LogP contribution in [0.2, 0.25) is 0 Å². The Bertz CT molecular complexity index is 510. The SMILES string of the molecule is CC1COC(CO)(c2nc3ncncc3[nH]2)O1. The molecule has 0 aliphatic carbocycles. The molecule has 0 aromatic carbocycles. The maximum absolute atomic E-state index is 9.47. The second-order valence-corrected chi connectivity index (χ2v) is 4.00. The monoisotopic (exact) mass is 236 g/mol. The van der Waals surface area contributed by atoms with E-state index in [2.05, 4.69) is 19.9 Å². The van der Waals surface area contributed by atoms with Crippen LogP contribution < -0.4 is 0 Å². The van der Waals surface area contributed by atoms with Crippen LogP contribution in [0.1, 0.15) is 12.7 Å². The molecule has 17 heavy (non-hydrogen) atoms. The average Bonchev–Trinajstić information content (AvgIpc) is 2.93. The van der Waals surface area contributed by atoms with Crippen molar-refractivity contribution in [1.29, 1.82) is 0 Å². The highest BCUT2D eigenvalue weighted by molar-refractivity contribution is 5.68. The molecule has 90 valence electrons. The largest absolute Gasteiger partial charge is 0.390 e. The number of aliphatic hydroxyl groups is 1. The summed E-state index contributed by atoms with van der Waals surface area (Å²) in [6.07, 6.45) is 2.95. The van der Waals surface area contributed by atoms with Gasteiger partial charge in [0.05, 0.1) is 18.9 Å². The number of nitrogens with one attached hydrogen (secondary N) is 1. The minimum atomic E-state index is -1.21. The van der Waals surface area contributed by atoms with Gasteiger partial charge in [-0.2, -0.15) is 0 Å². The van der Waals surface area contributed by atoms with Crippen LogP contribution in [0.5, 0.6) is 0 Å². The standard InChI is InChI=1S/C10H12N4O3/c1-6-3-16-10(4-15,17-6)9-13-7-2-11-5-12-8(7)14-9/h2,5-6,15H,3-4H2,1H3,(H,11,12,13,14). The Morgan fingerprint density at radius 2 is 2.53 bits per heavy atom. The zero-order chi connectivity index (χ0) is 11.9. The Hall–Kier alpha value is -1.57. The van der Waals surface area contributed by atoms with E-state index in [-0.39, 0.29) is 12.7 Å². The summed E-state index contributed by atoms with van der Waals surface area (Å²) in [6, 6.07) is 0. The van der Waals surface area contributed by atoms with Gasteiger partial charge in [0.1, 0.15) is 18.5 Å². The second-order valence-electron chi connectivity index (χ2n) is 4.00. The molecule has 0 saturated carbocycles. The van der Waals surface area contributed by atoms with Crippen molar-refractivity contribution in [3.63, 3.8) is 0 Å². The quantitative estimate of drug-likeness (QED) is 0.758. The van der Waals surface area contributed by atoms with E-state index >= 15 is 0 Å². The van der Waals surface area contributed by atoms with Crippen LogP contribution in [0.3, 0.4) is 0 Å². The van der Waals surface area contributed by atoms with Gasteiger partial charge in [-0.25, -0.2) is 15.0 Å². The lowest BCUT2D eigenvalue weighted by Crippen LogP contribution is -2.33. The summed E-state index contributed by atoms with van der Waals surface area (Å²) in [5.74, 6) is -0.792. The highest BCUT2D eigenvalue weighted by Crippen LogP contribution is 2.32. The van der Waals surface area contributed by atoms with Crippen molar-refractivity contribution in [2.24, 2.45) is 0 Å². The van der Waals surface area contributed by atoms with Gasteiger partial charge in [0, 0.05) is 0 Å². The van der Waals surface area contributed by atoms with Gasteiger partial charge in [-0.15, -0.1) is 0 Å². The van der Waals surface area contributed by atoms with Gasteiger partial charge < -0.3 is 19.6 Å². The van der Waals surface area contributed by atoms with E-state index in [1.165, 1.54) is 6.33 Å². The fraction of sp³-hybridized carbons (Fsp3) is 0.500. The van der Waals surface area contributed by atoms with Crippen LogP contribution >= 0.6 is 0 Å². The molecule has 2 N–H and O–H groups in total. The van der Waals surface area contributed by atoms with Crippen molar-refractivity contribution in [1.82, 2.24) is 19.9 Å². The van der Waals surface area contributed by atoms with Gasteiger partial charge in [-0.3, -0.25) is 0 Å². The number of imidazole rings is 1. The smallest absolute Gasteiger partial charge is 0.252 e. The predicted molar refractivity (Wildman–Crippen MR) is 56.9 cm³/mol. The third kappa shape index (κ3) is 1.59. The Morgan fingerprint density at radius 1 is 1.65 bits per heavy atom. The van der Waals surface area contributed by atoms with Crippen molar-refractivity contribution in [2.75, 3.05) is 13.2 Å². The van der Waals surface area contributed by atoms with E-state index < -0.39 is 5.79 Å². The number of fused-ring (bicyclic) bond motifs is 1. The van der Waals surface area contributed by atoms with E-state index in [4.69, 9.17) is 9.47 Å². The van der Waals surface area contributed by atoms with Gasteiger partial charge in [0.15, 0.2) is 11.5 Å². The Morgan fingerprint density at radius 3 is 3.18 bits per heavy atom. The highest BCUT2D eigenvalue weighted by atomic mass is 16.8. The molecule has 1 saturated heterocycles. The number of ether oxygens (including phenoxy) is 2. The number of hydrogen-bond acceptors (Lipinski definition) is 6. The molecule has 1 aliphatic heterocycles. The lowest BCUT2D eigenvalue weighted by molar-refractivity contribution is -0.204. The lowest BCUT2D eigenvalue weighted by atomic mass is 10.3. The van der Waals surface area contributed by atoms with Crippen molar-refractivity contribution in [2.45, 2.75) is 18.8 Å². The Labute approximate surface area is 96.8 Å². The van der Waals surface area contributed by atoms with Gasteiger partial charge in [-0.1, -0.05) is 0 Å². The lowest BCUT2D eigenvalue weighted by Gasteiger charge is -2.22. The first-order valence-electron chi connectivity index (χ1n) is 5.32. The zero-order valence-corrected chi connectivity index (χ0v) is 9.25. The molecule has 0 radical (unpaired) electrons. The first kappa shape index (κ1) is 10.6. The topological polar surface area (TPSA) is 93.1 Å². The molecule has 2 unspecified atom stereocenters. The Balaban J connectivity index is 2.07. The zero-order valence-electron chi connectivity index (χ0n) is 9.25. The Kier molecular flexibility index (Phi) is 2.32. The molecule has 0 amide bonds. The maximum Gasteiger partial charge on any atom is 0.252 e. The molecule has 2 aromatic heterocycles. The van der Waals surface area contributed by atoms with Crippen LogP contribution in [-0.4, -0.2) is 44.4 Å². The molecule has 1 aliphatic rings. The first-order chi connectivity index (χ1) is 8.23. The predicted octanol–water partition coefficient (Wildman–Crippen LogP) is -0.0667. The minimum absolute atomic E-state index is 0.0820. The summed E-state index contributed by atoms with van der Waals surface area (Å²) in [6.45, 7) is 1.99. The summed E-state index contributed by atoms with van der Waals surface area (Å²) < 4.78 is 11.1. The van der Waals surface area contributed by atoms with Gasteiger partial charge in [-0.05, 0) is 6.92 Å². The molecule has 2 atom stereocenters. The molecule has 7 heteroatoms. The molecular formula is C10H12N4O3. The van der Waals surface area contributed by atoms with Crippen LogP contribution in [0, 0.1) is 0 Å². The highest BCUT2D eigenvalue weighted by Gasteiger charge is 2.44. The minimum Gasteiger partial charge on any atom is -0.390 e. The van der Waals surface area contributed by atoms with Crippen LogP contribution in [0.25, 0.3) is 11.2 Å². The van der Waals surface area contributed by atoms with Crippen LogP contribution in [-0.2, 0) is 15.3 Å². The van der Waals surface area contributed by atoms with Gasteiger partial charge in [0.2, 0.25) is 0 Å². The number of aromatic nitrogens is 4. The summed E-state index contributed by atoms with van der Waals surface area (Å²) in [5.41, 5.74) is 1.21. The molecule has 1 fully saturated rings. The molecule has 3 heterocycles. The number of nitrogens with zero attached hydrogens (tertiary/aromatic N) is 3. The number of H-pyrrole nitrogens is 1. The van der Waals surface area contributed by atoms with E-state index in [0.717, 1.165) is 0 Å². The number of rotatable bonds is 2. The second kappa shape index (κ2) is 3.73. The molecule has 2 aromatic rings. The van der Waals surface area contributed by atoms with Crippen molar-refractivity contribution >= 4 is 11.2 Å². The van der Waals surface area contributed by atoms with E-state index in [1.54, 1.807) is 6.20 Å². The number of aliphatic hydroxyl groups excluding tert-OH is 1. The first-order valence-corrected chi connectivity index (χ1v) is 5.32. The molecule has 0 bridgehead atoms. The normalized spacial score (nSPS) is 28.9. The summed E-state index contributed by atoms with van der Waals surface area (Å²) in [5, 5.41) is 9.47. The van der Waals surface area contributed by atoms with Crippen LogP contribution in [0.4, 0.5) is 0 Å². The maximum atomic E-state index is 9.47. The fourth-order valence-electron chi connectivity index (χ4n) is 1.87. The third-order valence-corrected chi connectivity index (χ3v) is 2.67. The fourth-order valence-corrected chi connectivity index (χ4v) is 1.87. The molecule has 0 spiro atoms.